The van der Waals surface area contributed by atoms with Crippen LogP contribution in [0.25, 0.3) is 0 Å². The summed E-state index contributed by atoms with van der Waals surface area (Å²) in [4.78, 5) is 2.62. The summed E-state index contributed by atoms with van der Waals surface area (Å²) < 4.78 is 0. The molecule has 0 aromatic carbocycles. The first kappa shape index (κ1) is 16.5. The Morgan fingerprint density at radius 1 is 1.37 bits per heavy atom. The Morgan fingerprint density at radius 3 is 2.42 bits per heavy atom. The second-order valence-electron chi connectivity index (χ2n) is 6.75. The average molecular weight is 265 g/mol. The zero-order chi connectivity index (χ0) is 14.5. The van der Waals surface area contributed by atoms with Crippen molar-refractivity contribution in [2.45, 2.75) is 77.9 Å². The molecule has 1 aliphatic rings. The van der Waals surface area contributed by atoms with E-state index in [1.54, 1.807) is 0 Å². The second-order valence-corrected chi connectivity index (χ2v) is 6.75. The molecule has 0 spiro atoms. The van der Waals surface area contributed by atoms with Crippen molar-refractivity contribution in [2.24, 2.45) is 5.92 Å². The van der Waals surface area contributed by atoms with E-state index in [4.69, 9.17) is 0 Å². The summed E-state index contributed by atoms with van der Waals surface area (Å²) in [6.07, 6.45) is 4.65. The van der Waals surface area contributed by atoms with Crippen LogP contribution in [0.2, 0.25) is 0 Å². The highest BCUT2D eigenvalue weighted by Gasteiger charge is 2.35. The van der Waals surface area contributed by atoms with E-state index in [0.717, 1.165) is 32.0 Å². The van der Waals surface area contributed by atoms with Gasteiger partial charge in [0.25, 0.3) is 0 Å². The lowest BCUT2D eigenvalue weighted by atomic mass is 9.93. The number of hydrogen-bond donors (Lipinski definition) is 1. The van der Waals surface area contributed by atoms with Crippen LogP contribution in [-0.4, -0.2) is 35.6 Å². The van der Waals surface area contributed by atoms with Crippen LogP contribution in [-0.2, 0) is 0 Å². The van der Waals surface area contributed by atoms with Crippen molar-refractivity contribution >= 4 is 0 Å². The summed E-state index contributed by atoms with van der Waals surface area (Å²) in [6.45, 7) is 13.1. The van der Waals surface area contributed by atoms with Gasteiger partial charge < -0.3 is 0 Å². The van der Waals surface area contributed by atoms with Gasteiger partial charge in [0.15, 0.2) is 0 Å². The zero-order valence-electron chi connectivity index (χ0n) is 13.4. The maximum Gasteiger partial charge on any atom is 0.105 e. The fourth-order valence-corrected chi connectivity index (χ4v) is 2.78. The molecular formula is C16H31N3. The summed E-state index contributed by atoms with van der Waals surface area (Å²) in [6, 6.07) is 3.72. The van der Waals surface area contributed by atoms with E-state index in [0.29, 0.717) is 12.0 Å². The predicted octanol–water partition coefficient (Wildman–Crippen LogP) is 3.17. The Hall–Kier alpha value is -0.590. The molecule has 0 aromatic heterocycles. The second kappa shape index (κ2) is 7.26. The lowest BCUT2D eigenvalue weighted by Crippen LogP contribution is -2.48. The number of rotatable bonds is 9. The van der Waals surface area contributed by atoms with Crippen LogP contribution in [0, 0.1) is 17.2 Å². The standard InChI is InChI=1S/C16H31N3/c1-6-9-18-16(5,12-17)10-14(4)19(11-13(2)3)15-7-8-15/h13-15,18H,6-11H2,1-5H3. The van der Waals surface area contributed by atoms with Gasteiger partial charge in [-0.3, -0.25) is 10.2 Å². The molecular weight excluding hydrogens is 234 g/mol. The van der Waals surface area contributed by atoms with Crippen LogP contribution in [0.5, 0.6) is 0 Å². The highest BCUT2D eigenvalue weighted by atomic mass is 15.2. The van der Waals surface area contributed by atoms with E-state index in [9.17, 15) is 5.26 Å². The van der Waals surface area contributed by atoms with Gasteiger partial charge in [0.1, 0.15) is 5.54 Å². The predicted molar refractivity (Wildman–Crippen MR) is 81.0 cm³/mol. The number of hydrogen-bond acceptors (Lipinski definition) is 3. The minimum absolute atomic E-state index is 0.389. The van der Waals surface area contributed by atoms with Gasteiger partial charge >= 0.3 is 0 Å². The molecule has 0 radical (unpaired) electrons. The molecule has 0 aromatic rings. The maximum atomic E-state index is 9.45. The third kappa shape index (κ3) is 5.50. The number of nitrogens with zero attached hydrogens (tertiary/aromatic N) is 2. The zero-order valence-corrected chi connectivity index (χ0v) is 13.4. The van der Waals surface area contributed by atoms with Crippen LogP contribution < -0.4 is 5.32 Å². The molecule has 1 aliphatic carbocycles. The molecule has 2 unspecified atom stereocenters. The summed E-state index contributed by atoms with van der Waals surface area (Å²) in [7, 11) is 0. The summed E-state index contributed by atoms with van der Waals surface area (Å²) in [5.74, 6) is 0.694. The fourth-order valence-electron chi connectivity index (χ4n) is 2.78. The molecule has 0 saturated heterocycles. The van der Waals surface area contributed by atoms with Gasteiger partial charge in [-0.1, -0.05) is 20.8 Å². The molecule has 19 heavy (non-hydrogen) atoms. The summed E-state index contributed by atoms with van der Waals surface area (Å²) in [5, 5.41) is 12.9. The molecule has 1 rings (SSSR count). The minimum Gasteiger partial charge on any atom is -0.300 e. The largest absolute Gasteiger partial charge is 0.300 e. The van der Waals surface area contributed by atoms with E-state index < -0.39 is 0 Å². The molecule has 2 atom stereocenters. The van der Waals surface area contributed by atoms with Gasteiger partial charge in [0.2, 0.25) is 0 Å². The highest BCUT2D eigenvalue weighted by molar-refractivity contribution is 5.06. The van der Waals surface area contributed by atoms with E-state index in [2.05, 4.69) is 44.0 Å². The molecule has 1 fully saturated rings. The fraction of sp³-hybridized carbons (Fsp3) is 0.938. The van der Waals surface area contributed by atoms with Crippen LogP contribution >= 0.6 is 0 Å². The Morgan fingerprint density at radius 2 is 2.00 bits per heavy atom. The minimum atomic E-state index is -0.389. The monoisotopic (exact) mass is 265 g/mol. The summed E-state index contributed by atoms with van der Waals surface area (Å²) >= 11 is 0. The first-order valence-electron chi connectivity index (χ1n) is 7.84. The Balaban J connectivity index is 2.58. The lowest BCUT2D eigenvalue weighted by molar-refractivity contribution is 0.150. The van der Waals surface area contributed by atoms with Gasteiger partial charge in [0.05, 0.1) is 6.07 Å². The molecule has 110 valence electrons. The van der Waals surface area contributed by atoms with Crippen LogP contribution in [0.4, 0.5) is 0 Å². The third-order valence-electron chi connectivity index (χ3n) is 3.87. The van der Waals surface area contributed by atoms with Crippen LogP contribution in [0.15, 0.2) is 0 Å². The smallest absolute Gasteiger partial charge is 0.105 e. The molecule has 0 bridgehead atoms. The van der Waals surface area contributed by atoms with Crippen molar-refractivity contribution in [1.29, 1.82) is 5.26 Å². The van der Waals surface area contributed by atoms with Gasteiger partial charge in [-0.15, -0.1) is 0 Å². The molecule has 0 amide bonds. The van der Waals surface area contributed by atoms with Crippen LogP contribution in [0.1, 0.15) is 60.3 Å². The van der Waals surface area contributed by atoms with Gasteiger partial charge in [-0.2, -0.15) is 5.26 Å². The lowest BCUT2D eigenvalue weighted by Gasteiger charge is -2.35. The Bertz CT molecular complexity index is 304. The Kier molecular flexibility index (Phi) is 6.29. The average Bonchev–Trinajstić information content (AvgIpc) is 3.17. The number of nitriles is 1. The van der Waals surface area contributed by atoms with Gasteiger partial charge in [0, 0.05) is 18.6 Å². The topological polar surface area (TPSA) is 39.1 Å². The van der Waals surface area contributed by atoms with Crippen molar-refractivity contribution < 1.29 is 0 Å². The molecule has 0 heterocycles. The Labute approximate surface area is 119 Å². The molecule has 1 N–H and O–H groups in total. The van der Waals surface area contributed by atoms with Crippen molar-refractivity contribution in [3.05, 3.63) is 0 Å². The molecule has 1 saturated carbocycles. The van der Waals surface area contributed by atoms with E-state index >= 15 is 0 Å². The van der Waals surface area contributed by atoms with Crippen molar-refractivity contribution in [3.63, 3.8) is 0 Å². The maximum absolute atomic E-state index is 9.45. The van der Waals surface area contributed by atoms with Crippen LogP contribution in [0.3, 0.4) is 0 Å². The third-order valence-corrected chi connectivity index (χ3v) is 3.87. The quantitative estimate of drug-likeness (QED) is 0.696. The SMILES string of the molecule is CCCNC(C)(C#N)CC(C)N(CC(C)C)C1CC1. The first-order valence-corrected chi connectivity index (χ1v) is 7.84. The molecule has 3 heteroatoms. The van der Waals surface area contributed by atoms with Crippen molar-refractivity contribution in [3.8, 4) is 6.07 Å². The van der Waals surface area contributed by atoms with E-state index in [1.165, 1.54) is 12.8 Å². The number of nitrogens with one attached hydrogen (secondary N) is 1. The first-order chi connectivity index (χ1) is 8.91. The highest BCUT2D eigenvalue weighted by Crippen LogP contribution is 2.31. The molecule has 3 nitrogen and oxygen atoms in total. The van der Waals surface area contributed by atoms with Gasteiger partial charge in [-0.25, -0.2) is 0 Å². The van der Waals surface area contributed by atoms with E-state index in [-0.39, 0.29) is 5.54 Å². The molecule has 0 aliphatic heterocycles. The normalized spacial score (nSPS) is 20.3. The van der Waals surface area contributed by atoms with Crippen molar-refractivity contribution in [1.82, 2.24) is 10.2 Å². The summed E-state index contributed by atoms with van der Waals surface area (Å²) in [5.41, 5.74) is -0.389. The van der Waals surface area contributed by atoms with E-state index in [1.807, 2.05) is 6.92 Å². The van der Waals surface area contributed by atoms with Crippen molar-refractivity contribution in [2.75, 3.05) is 13.1 Å². The van der Waals surface area contributed by atoms with Gasteiger partial charge in [-0.05, 0) is 52.0 Å².